The van der Waals surface area contributed by atoms with E-state index in [2.05, 4.69) is 9.97 Å². The molecule has 1 heterocycles. The Morgan fingerprint density at radius 3 is 2.72 bits per heavy atom. The van der Waals surface area contributed by atoms with E-state index in [1.807, 2.05) is 18.7 Å². The SMILES string of the molecule is CCOC(=O)CN(c1cc(OC)ncn1)C(C)C. The molecule has 0 aliphatic rings. The number of esters is 1. The molecule has 0 bridgehead atoms. The Labute approximate surface area is 107 Å². The minimum Gasteiger partial charge on any atom is -0.481 e. The molecule has 6 heteroatoms. The average molecular weight is 253 g/mol. The summed E-state index contributed by atoms with van der Waals surface area (Å²) in [5, 5.41) is 0. The summed E-state index contributed by atoms with van der Waals surface area (Å²) in [5.41, 5.74) is 0. The van der Waals surface area contributed by atoms with E-state index < -0.39 is 0 Å². The van der Waals surface area contributed by atoms with Crippen LogP contribution in [0.25, 0.3) is 0 Å². The van der Waals surface area contributed by atoms with Crippen molar-refractivity contribution in [3.05, 3.63) is 12.4 Å². The molecule has 0 unspecified atom stereocenters. The Bertz CT molecular complexity index is 396. The molecule has 0 aliphatic carbocycles. The van der Waals surface area contributed by atoms with Crippen molar-refractivity contribution in [2.45, 2.75) is 26.8 Å². The van der Waals surface area contributed by atoms with Crippen LogP contribution in [0.4, 0.5) is 5.82 Å². The van der Waals surface area contributed by atoms with Crippen molar-refractivity contribution in [2.75, 3.05) is 25.2 Å². The van der Waals surface area contributed by atoms with E-state index in [0.29, 0.717) is 18.3 Å². The zero-order valence-electron chi connectivity index (χ0n) is 11.2. The van der Waals surface area contributed by atoms with Gasteiger partial charge < -0.3 is 14.4 Å². The standard InChI is InChI=1S/C12H19N3O3/c1-5-18-12(16)7-15(9(2)3)10-6-11(17-4)14-8-13-10/h6,8-9H,5,7H2,1-4H3. The highest BCUT2D eigenvalue weighted by Gasteiger charge is 2.17. The highest BCUT2D eigenvalue weighted by atomic mass is 16.5. The first-order valence-electron chi connectivity index (χ1n) is 5.86. The fourth-order valence-corrected chi connectivity index (χ4v) is 1.47. The molecule has 0 radical (unpaired) electrons. The summed E-state index contributed by atoms with van der Waals surface area (Å²) in [4.78, 5) is 21.5. The topological polar surface area (TPSA) is 64.5 Å². The molecule has 0 aromatic carbocycles. The Morgan fingerprint density at radius 1 is 1.44 bits per heavy atom. The number of carbonyl (C=O) groups is 1. The summed E-state index contributed by atoms with van der Waals surface area (Å²) in [6.45, 7) is 6.27. The van der Waals surface area contributed by atoms with Crippen LogP contribution in [0.5, 0.6) is 5.88 Å². The fraction of sp³-hybridized carbons (Fsp3) is 0.583. The second-order valence-corrected chi connectivity index (χ2v) is 3.95. The molecule has 1 rings (SSSR count). The third-order valence-electron chi connectivity index (χ3n) is 2.36. The molecular formula is C12H19N3O3. The Kier molecular flexibility index (Phi) is 5.35. The maximum absolute atomic E-state index is 11.5. The van der Waals surface area contributed by atoms with Crippen molar-refractivity contribution in [1.82, 2.24) is 9.97 Å². The van der Waals surface area contributed by atoms with Gasteiger partial charge in [-0.1, -0.05) is 0 Å². The van der Waals surface area contributed by atoms with Gasteiger partial charge in [-0.2, -0.15) is 0 Å². The molecule has 6 nitrogen and oxygen atoms in total. The van der Waals surface area contributed by atoms with Gasteiger partial charge in [-0.15, -0.1) is 0 Å². The van der Waals surface area contributed by atoms with Gasteiger partial charge in [-0.05, 0) is 20.8 Å². The number of ether oxygens (including phenoxy) is 2. The first-order chi connectivity index (χ1) is 8.58. The van der Waals surface area contributed by atoms with E-state index in [9.17, 15) is 4.79 Å². The van der Waals surface area contributed by atoms with E-state index >= 15 is 0 Å². The van der Waals surface area contributed by atoms with Gasteiger partial charge in [0, 0.05) is 12.1 Å². The van der Waals surface area contributed by atoms with Crippen LogP contribution < -0.4 is 9.64 Å². The molecule has 0 aliphatic heterocycles. The summed E-state index contributed by atoms with van der Waals surface area (Å²) in [5.74, 6) is 0.836. The average Bonchev–Trinajstić information content (AvgIpc) is 2.36. The van der Waals surface area contributed by atoms with Gasteiger partial charge in [-0.25, -0.2) is 9.97 Å². The first kappa shape index (κ1) is 14.2. The summed E-state index contributed by atoms with van der Waals surface area (Å²) in [6, 6.07) is 1.81. The van der Waals surface area contributed by atoms with Crippen molar-refractivity contribution in [1.29, 1.82) is 0 Å². The van der Waals surface area contributed by atoms with Gasteiger partial charge in [-0.3, -0.25) is 4.79 Å². The predicted molar refractivity (Wildman–Crippen MR) is 67.7 cm³/mol. The lowest BCUT2D eigenvalue weighted by Crippen LogP contribution is -2.37. The lowest BCUT2D eigenvalue weighted by Gasteiger charge is -2.26. The number of anilines is 1. The lowest BCUT2D eigenvalue weighted by molar-refractivity contribution is -0.141. The highest BCUT2D eigenvalue weighted by molar-refractivity contribution is 5.75. The molecule has 0 atom stereocenters. The lowest BCUT2D eigenvalue weighted by atomic mass is 10.3. The number of carbonyl (C=O) groups excluding carboxylic acids is 1. The largest absolute Gasteiger partial charge is 0.481 e. The summed E-state index contributed by atoms with van der Waals surface area (Å²) >= 11 is 0. The van der Waals surface area contributed by atoms with Gasteiger partial charge in [0.25, 0.3) is 0 Å². The van der Waals surface area contributed by atoms with E-state index in [1.165, 1.54) is 13.4 Å². The second-order valence-electron chi connectivity index (χ2n) is 3.95. The Balaban J connectivity index is 2.86. The predicted octanol–water partition coefficient (Wildman–Crippen LogP) is 1.26. The monoisotopic (exact) mass is 253 g/mol. The molecule has 1 aromatic heterocycles. The number of hydrogen-bond donors (Lipinski definition) is 0. The van der Waals surface area contributed by atoms with E-state index in [1.54, 1.807) is 13.0 Å². The van der Waals surface area contributed by atoms with Crippen molar-refractivity contribution < 1.29 is 14.3 Å². The summed E-state index contributed by atoms with van der Waals surface area (Å²) < 4.78 is 9.99. The van der Waals surface area contributed by atoms with Crippen LogP contribution in [0, 0.1) is 0 Å². The second kappa shape index (κ2) is 6.78. The van der Waals surface area contributed by atoms with E-state index in [-0.39, 0.29) is 18.6 Å². The van der Waals surface area contributed by atoms with Gasteiger partial charge in [0.2, 0.25) is 5.88 Å². The fourth-order valence-electron chi connectivity index (χ4n) is 1.47. The normalized spacial score (nSPS) is 10.3. The van der Waals surface area contributed by atoms with Crippen LogP contribution in [0.2, 0.25) is 0 Å². The van der Waals surface area contributed by atoms with Crippen molar-refractivity contribution in [3.8, 4) is 5.88 Å². The molecule has 1 aromatic rings. The van der Waals surface area contributed by atoms with Crippen LogP contribution in [-0.4, -0.2) is 42.2 Å². The number of rotatable bonds is 6. The summed E-state index contributed by atoms with van der Waals surface area (Å²) in [6.07, 6.45) is 1.41. The minimum absolute atomic E-state index is 0.119. The van der Waals surface area contributed by atoms with Crippen molar-refractivity contribution in [3.63, 3.8) is 0 Å². The number of methoxy groups -OCH3 is 1. The smallest absolute Gasteiger partial charge is 0.325 e. The third-order valence-corrected chi connectivity index (χ3v) is 2.36. The molecule has 0 saturated heterocycles. The molecule has 18 heavy (non-hydrogen) atoms. The molecule has 0 spiro atoms. The summed E-state index contributed by atoms with van der Waals surface area (Å²) in [7, 11) is 1.54. The van der Waals surface area contributed by atoms with Crippen LogP contribution in [0.15, 0.2) is 12.4 Å². The molecule has 100 valence electrons. The van der Waals surface area contributed by atoms with E-state index in [0.717, 1.165) is 0 Å². The number of hydrogen-bond acceptors (Lipinski definition) is 6. The Morgan fingerprint density at radius 2 is 2.17 bits per heavy atom. The highest BCUT2D eigenvalue weighted by Crippen LogP contribution is 2.17. The maximum atomic E-state index is 11.5. The Hall–Kier alpha value is -1.85. The van der Waals surface area contributed by atoms with E-state index in [4.69, 9.17) is 9.47 Å². The van der Waals surface area contributed by atoms with Crippen LogP contribution >= 0.6 is 0 Å². The molecule has 0 amide bonds. The first-order valence-corrected chi connectivity index (χ1v) is 5.86. The zero-order valence-corrected chi connectivity index (χ0v) is 11.2. The van der Waals surface area contributed by atoms with Gasteiger partial charge in [0.05, 0.1) is 13.7 Å². The molecule has 0 saturated carbocycles. The van der Waals surface area contributed by atoms with Gasteiger partial charge >= 0.3 is 5.97 Å². The van der Waals surface area contributed by atoms with Crippen molar-refractivity contribution in [2.24, 2.45) is 0 Å². The molecule has 0 N–H and O–H groups in total. The van der Waals surface area contributed by atoms with Crippen LogP contribution in [0.1, 0.15) is 20.8 Å². The molecular weight excluding hydrogens is 234 g/mol. The van der Waals surface area contributed by atoms with Crippen molar-refractivity contribution >= 4 is 11.8 Å². The quantitative estimate of drug-likeness (QED) is 0.711. The van der Waals surface area contributed by atoms with Gasteiger partial charge in [0.15, 0.2) is 0 Å². The number of nitrogens with zero attached hydrogens (tertiary/aromatic N) is 3. The third kappa shape index (κ3) is 3.87. The molecule has 0 fully saturated rings. The van der Waals surface area contributed by atoms with Gasteiger partial charge in [0.1, 0.15) is 18.7 Å². The van der Waals surface area contributed by atoms with Crippen LogP contribution in [0.3, 0.4) is 0 Å². The minimum atomic E-state index is -0.274. The number of aromatic nitrogens is 2. The zero-order chi connectivity index (χ0) is 13.5. The van der Waals surface area contributed by atoms with Crippen LogP contribution in [-0.2, 0) is 9.53 Å². The maximum Gasteiger partial charge on any atom is 0.325 e.